The number of hydrogen-bond donors (Lipinski definition) is 1. The fraction of sp³-hybridized carbons (Fsp3) is 1.00. The molecule has 0 saturated heterocycles. The first-order chi connectivity index (χ1) is 6.39. The van der Waals surface area contributed by atoms with Gasteiger partial charge < -0.3 is 19.0 Å². The minimum absolute atomic E-state index is 0.151. The summed E-state index contributed by atoms with van der Waals surface area (Å²) in [6.07, 6.45) is 1.00. The highest BCUT2D eigenvalue weighted by Crippen LogP contribution is 2.26. The van der Waals surface area contributed by atoms with E-state index in [4.69, 9.17) is 19.0 Å². The van der Waals surface area contributed by atoms with Crippen LogP contribution in [0.1, 0.15) is 27.2 Å². The van der Waals surface area contributed by atoms with Crippen LogP contribution in [0.5, 0.6) is 0 Å². The third-order valence-electron chi connectivity index (χ3n) is 2.11. The second kappa shape index (κ2) is 5.82. The van der Waals surface area contributed by atoms with Crippen LogP contribution in [-0.2, 0) is 13.3 Å². The Balaban J connectivity index is 4.21. The Bertz CT molecular complexity index is 155. The molecule has 0 atom stereocenters. The van der Waals surface area contributed by atoms with Gasteiger partial charge in [-0.3, -0.25) is 0 Å². The summed E-state index contributed by atoms with van der Waals surface area (Å²) in [5.74, 6) is 0. The molecule has 0 aliphatic rings. The molecule has 0 radical (unpaired) electrons. The van der Waals surface area contributed by atoms with E-state index in [1.807, 2.05) is 0 Å². The van der Waals surface area contributed by atoms with Gasteiger partial charge >= 0.3 is 8.80 Å². The van der Waals surface area contributed by atoms with Gasteiger partial charge in [0.25, 0.3) is 0 Å². The Morgan fingerprint density at radius 2 is 1.64 bits per heavy atom. The van der Waals surface area contributed by atoms with Crippen LogP contribution in [0.2, 0.25) is 6.04 Å². The molecule has 0 aromatic rings. The van der Waals surface area contributed by atoms with Crippen molar-refractivity contribution >= 4 is 8.80 Å². The maximum Gasteiger partial charge on any atom is 0.501 e. The normalized spacial score (nSPS) is 13.3. The van der Waals surface area contributed by atoms with Crippen LogP contribution in [-0.4, -0.2) is 29.8 Å². The Hall–Kier alpha value is 0.0569. The Kier molecular flexibility index (Phi) is 5.85. The molecule has 0 aliphatic carbocycles. The summed E-state index contributed by atoms with van der Waals surface area (Å²) >= 11 is 0. The van der Waals surface area contributed by atoms with Crippen molar-refractivity contribution in [3.8, 4) is 0 Å². The molecule has 0 amide bonds. The molecule has 0 fully saturated rings. The van der Waals surface area contributed by atoms with Crippen LogP contribution in [0, 0.1) is 5.41 Å². The average molecular weight is 221 g/mol. The van der Waals surface area contributed by atoms with E-state index in [9.17, 15) is 0 Å². The van der Waals surface area contributed by atoms with Crippen molar-refractivity contribution in [3.05, 3.63) is 0 Å². The van der Waals surface area contributed by atoms with E-state index in [-0.39, 0.29) is 12.1 Å². The van der Waals surface area contributed by atoms with Crippen molar-refractivity contribution in [1.82, 2.24) is 0 Å². The summed E-state index contributed by atoms with van der Waals surface area (Å²) in [5, 5.41) is 0. The van der Waals surface area contributed by atoms with Crippen molar-refractivity contribution in [1.29, 1.82) is 0 Å². The van der Waals surface area contributed by atoms with Gasteiger partial charge in [-0.15, -0.1) is 0 Å². The second-order valence-corrected chi connectivity index (χ2v) is 7.43. The molecule has 14 heavy (non-hydrogen) atoms. The van der Waals surface area contributed by atoms with Gasteiger partial charge in [-0.25, -0.2) is 0 Å². The molecule has 0 rings (SSSR count). The van der Waals surface area contributed by atoms with Crippen molar-refractivity contribution in [2.75, 3.05) is 21.0 Å². The van der Waals surface area contributed by atoms with Gasteiger partial charge in [0.2, 0.25) is 0 Å². The highest BCUT2D eigenvalue weighted by molar-refractivity contribution is 6.60. The minimum atomic E-state index is -2.48. The van der Waals surface area contributed by atoms with Gasteiger partial charge in [-0.1, -0.05) is 20.8 Å². The number of hydrogen-bond acceptors (Lipinski definition) is 4. The molecular formula is C9H23NO3Si. The minimum Gasteiger partial charge on any atom is -0.377 e. The first-order valence-corrected chi connectivity index (χ1v) is 6.76. The van der Waals surface area contributed by atoms with Crippen molar-refractivity contribution in [3.63, 3.8) is 0 Å². The lowest BCUT2D eigenvalue weighted by atomic mass is 9.94. The summed E-state index contributed by atoms with van der Waals surface area (Å²) in [6.45, 7) is 6.69. The summed E-state index contributed by atoms with van der Waals surface area (Å²) < 4.78 is 16.1. The largest absolute Gasteiger partial charge is 0.501 e. The Morgan fingerprint density at radius 1 is 1.14 bits per heavy atom. The second-order valence-electron chi connectivity index (χ2n) is 4.46. The third-order valence-corrected chi connectivity index (χ3v) is 4.82. The summed E-state index contributed by atoms with van der Waals surface area (Å²) in [6, 6.07) is 0.806. The monoisotopic (exact) mass is 221 g/mol. The topological polar surface area (TPSA) is 53.7 Å². The predicted octanol–water partition coefficient (Wildman–Crippen LogP) is 1.59. The van der Waals surface area contributed by atoms with Gasteiger partial charge in [0, 0.05) is 20.3 Å². The molecule has 0 aromatic carbocycles. The van der Waals surface area contributed by atoms with Crippen LogP contribution in [0.15, 0.2) is 0 Å². The van der Waals surface area contributed by atoms with Crippen LogP contribution in [0.25, 0.3) is 0 Å². The zero-order valence-corrected chi connectivity index (χ0v) is 10.9. The Labute approximate surface area is 88.1 Å². The molecule has 86 valence electrons. The standard InChI is InChI=1S/C9H23NO3Si/c1-9(2,3)6-7-14(11-4,12-5)13-8-10/h6-8,10H2,1-5H3. The Morgan fingerprint density at radius 3 is 1.93 bits per heavy atom. The lowest BCUT2D eigenvalue weighted by molar-refractivity contribution is 0.0972. The van der Waals surface area contributed by atoms with Gasteiger partial charge in [-0.2, -0.15) is 0 Å². The zero-order valence-electron chi connectivity index (χ0n) is 9.92. The zero-order chi connectivity index (χ0) is 11.2. The lowest BCUT2D eigenvalue weighted by Gasteiger charge is -2.28. The van der Waals surface area contributed by atoms with Crippen molar-refractivity contribution in [2.45, 2.75) is 33.2 Å². The third kappa shape index (κ3) is 5.07. The van der Waals surface area contributed by atoms with E-state index < -0.39 is 8.80 Å². The molecule has 0 spiro atoms. The molecule has 0 aromatic heterocycles. The molecule has 0 saturated carbocycles. The van der Waals surface area contributed by atoms with E-state index in [0.717, 1.165) is 12.5 Å². The molecule has 2 N–H and O–H groups in total. The maximum atomic E-state index is 5.40. The van der Waals surface area contributed by atoms with Crippen molar-refractivity contribution in [2.24, 2.45) is 11.1 Å². The fourth-order valence-corrected chi connectivity index (χ4v) is 3.40. The van der Waals surface area contributed by atoms with E-state index in [1.165, 1.54) is 0 Å². The van der Waals surface area contributed by atoms with E-state index in [1.54, 1.807) is 14.2 Å². The highest BCUT2D eigenvalue weighted by atomic mass is 28.4. The average Bonchev–Trinajstić information content (AvgIpc) is 2.11. The molecule has 0 bridgehead atoms. The molecule has 0 heterocycles. The first kappa shape index (κ1) is 14.1. The number of rotatable bonds is 6. The van der Waals surface area contributed by atoms with Gasteiger partial charge in [0.15, 0.2) is 0 Å². The smallest absolute Gasteiger partial charge is 0.377 e. The highest BCUT2D eigenvalue weighted by Gasteiger charge is 2.39. The lowest BCUT2D eigenvalue weighted by Crippen LogP contribution is -2.45. The molecule has 0 unspecified atom stereocenters. The quantitative estimate of drug-likeness (QED) is 0.546. The van der Waals surface area contributed by atoms with E-state index >= 15 is 0 Å². The van der Waals surface area contributed by atoms with Gasteiger partial charge in [0.05, 0.1) is 6.73 Å². The summed E-state index contributed by atoms with van der Waals surface area (Å²) in [5.41, 5.74) is 5.61. The predicted molar refractivity (Wildman–Crippen MR) is 58.8 cm³/mol. The van der Waals surface area contributed by atoms with Gasteiger partial charge in [0.1, 0.15) is 0 Å². The van der Waals surface area contributed by atoms with Crippen LogP contribution in [0.4, 0.5) is 0 Å². The summed E-state index contributed by atoms with van der Waals surface area (Å²) in [4.78, 5) is 0. The van der Waals surface area contributed by atoms with Gasteiger partial charge in [-0.05, 0) is 11.8 Å². The van der Waals surface area contributed by atoms with Crippen molar-refractivity contribution < 1.29 is 13.3 Å². The van der Waals surface area contributed by atoms with E-state index in [0.29, 0.717) is 0 Å². The van der Waals surface area contributed by atoms with Crippen LogP contribution >= 0.6 is 0 Å². The molecule has 4 nitrogen and oxygen atoms in total. The molecular weight excluding hydrogens is 198 g/mol. The van der Waals surface area contributed by atoms with Crippen LogP contribution in [0.3, 0.4) is 0 Å². The first-order valence-electron chi connectivity index (χ1n) is 4.83. The summed E-state index contributed by atoms with van der Waals surface area (Å²) in [7, 11) is 0.760. The van der Waals surface area contributed by atoms with E-state index in [2.05, 4.69) is 20.8 Å². The number of nitrogens with two attached hydrogens (primary N) is 1. The molecule has 5 heteroatoms. The fourth-order valence-electron chi connectivity index (χ4n) is 1.13. The SMILES string of the molecule is CO[Si](CCC(C)(C)C)(OC)OCN. The van der Waals surface area contributed by atoms with Crippen LogP contribution < -0.4 is 5.73 Å². The maximum absolute atomic E-state index is 5.40. The molecule has 0 aliphatic heterocycles.